The number of rotatable bonds is 3. The van der Waals surface area contributed by atoms with Crippen molar-refractivity contribution >= 4 is 34.5 Å². The van der Waals surface area contributed by atoms with Crippen molar-refractivity contribution < 1.29 is 0 Å². The normalized spacial score (nSPS) is 25.4. The molecule has 2 aliphatic carbocycles. The second-order valence-corrected chi connectivity index (χ2v) is 6.48. The van der Waals surface area contributed by atoms with Gasteiger partial charge in [-0.1, -0.05) is 34.7 Å². The van der Waals surface area contributed by atoms with E-state index in [1.54, 1.807) is 6.33 Å². The summed E-state index contributed by atoms with van der Waals surface area (Å²) in [6.45, 7) is 0. The smallest absolute Gasteiger partial charge is 0.139 e. The minimum absolute atomic E-state index is 0.646. The molecule has 0 aromatic carbocycles. The van der Waals surface area contributed by atoms with Gasteiger partial charge in [0, 0.05) is 29.5 Å². The molecule has 0 atom stereocenters. The highest BCUT2D eigenvalue weighted by Crippen LogP contribution is 2.33. The Kier molecular flexibility index (Phi) is 4.05. The van der Waals surface area contributed by atoms with Crippen LogP contribution < -0.4 is 4.90 Å². The van der Waals surface area contributed by atoms with Crippen molar-refractivity contribution in [3.05, 3.63) is 23.7 Å². The monoisotopic (exact) mass is 369 g/mol. The number of allylic oxidation sites excluding steroid dienone is 1. The molecule has 1 saturated carbocycles. The molecular formula is C15H20IN3. The van der Waals surface area contributed by atoms with Crippen molar-refractivity contribution in [1.29, 1.82) is 0 Å². The van der Waals surface area contributed by atoms with Crippen molar-refractivity contribution in [3.8, 4) is 0 Å². The SMILES string of the molecule is CN(c1ncnc2c1C=CC2)C1CCC(CI)CC1. The Bertz CT molecular complexity index is 478. The number of anilines is 1. The zero-order valence-corrected chi connectivity index (χ0v) is 13.5. The summed E-state index contributed by atoms with van der Waals surface area (Å²) in [7, 11) is 2.20. The third-order valence-electron chi connectivity index (χ3n) is 4.46. The van der Waals surface area contributed by atoms with Crippen molar-refractivity contribution in [2.75, 3.05) is 16.4 Å². The maximum atomic E-state index is 4.53. The van der Waals surface area contributed by atoms with Gasteiger partial charge in [-0.25, -0.2) is 9.97 Å². The van der Waals surface area contributed by atoms with Crippen molar-refractivity contribution in [1.82, 2.24) is 9.97 Å². The number of halogens is 1. The molecule has 0 radical (unpaired) electrons. The molecule has 3 rings (SSSR count). The van der Waals surface area contributed by atoms with Gasteiger partial charge in [-0.3, -0.25) is 0 Å². The van der Waals surface area contributed by atoms with Gasteiger partial charge in [-0.2, -0.15) is 0 Å². The fourth-order valence-electron chi connectivity index (χ4n) is 3.18. The highest BCUT2D eigenvalue weighted by atomic mass is 127. The van der Waals surface area contributed by atoms with Crippen LogP contribution in [0.2, 0.25) is 0 Å². The first-order valence-corrected chi connectivity index (χ1v) is 8.61. The molecule has 19 heavy (non-hydrogen) atoms. The number of nitrogens with zero attached hydrogens (tertiary/aromatic N) is 3. The van der Waals surface area contributed by atoms with Gasteiger partial charge in [0.25, 0.3) is 0 Å². The number of aromatic nitrogens is 2. The molecule has 1 aromatic heterocycles. The largest absolute Gasteiger partial charge is 0.356 e. The predicted octanol–water partition coefficient (Wildman–Crippen LogP) is 3.48. The molecule has 4 heteroatoms. The van der Waals surface area contributed by atoms with Gasteiger partial charge in [0.05, 0.1) is 5.69 Å². The summed E-state index contributed by atoms with van der Waals surface area (Å²) in [6.07, 6.45) is 12.4. The minimum Gasteiger partial charge on any atom is -0.356 e. The fraction of sp³-hybridized carbons (Fsp3) is 0.600. The van der Waals surface area contributed by atoms with E-state index in [-0.39, 0.29) is 0 Å². The number of hydrogen-bond donors (Lipinski definition) is 0. The van der Waals surface area contributed by atoms with Crippen LogP contribution in [-0.2, 0) is 6.42 Å². The number of fused-ring (bicyclic) bond motifs is 1. The lowest BCUT2D eigenvalue weighted by atomic mass is 9.86. The molecule has 0 aliphatic heterocycles. The molecular weight excluding hydrogens is 349 g/mol. The summed E-state index contributed by atoms with van der Waals surface area (Å²) in [5.41, 5.74) is 2.42. The molecule has 0 amide bonds. The summed E-state index contributed by atoms with van der Waals surface area (Å²) in [4.78, 5) is 11.3. The highest BCUT2D eigenvalue weighted by Gasteiger charge is 2.26. The van der Waals surface area contributed by atoms with E-state index < -0.39 is 0 Å². The number of hydrogen-bond acceptors (Lipinski definition) is 3. The molecule has 1 fully saturated rings. The molecule has 2 aliphatic rings. The second-order valence-electron chi connectivity index (χ2n) is 5.60. The summed E-state index contributed by atoms with van der Waals surface area (Å²) >= 11 is 2.52. The zero-order chi connectivity index (χ0) is 13.2. The Labute approximate surface area is 128 Å². The van der Waals surface area contributed by atoms with Crippen LogP contribution in [-0.4, -0.2) is 27.5 Å². The van der Waals surface area contributed by atoms with Crippen LogP contribution in [0.4, 0.5) is 5.82 Å². The van der Waals surface area contributed by atoms with Gasteiger partial charge in [0.2, 0.25) is 0 Å². The maximum Gasteiger partial charge on any atom is 0.139 e. The van der Waals surface area contributed by atoms with E-state index in [0.717, 1.165) is 18.2 Å². The van der Waals surface area contributed by atoms with Crippen LogP contribution in [0.1, 0.15) is 36.9 Å². The summed E-state index contributed by atoms with van der Waals surface area (Å²) in [5.74, 6) is 2.05. The Hall–Kier alpha value is -0.650. The van der Waals surface area contributed by atoms with E-state index >= 15 is 0 Å². The number of alkyl halides is 1. The Morgan fingerprint density at radius 3 is 2.79 bits per heavy atom. The van der Waals surface area contributed by atoms with E-state index in [9.17, 15) is 0 Å². The van der Waals surface area contributed by atoms with Crippen molar-refractivity contribution in [2.24, 2.45) is 5.92 Å². The average molecular weight is 369 g/mol. The van der Waals surface area contributed by atoms with Crippen LogP contribution in [0.3, 0.4) is 0 Å². The van der Waals surface area contributed by atoms with E-state index in [4.69, 9.17) is 0 Å². The third-order valence-corrected chi connectivity index (χ3v) is 5.70. The summed E-state index contributed by atoms with van der Waals surface area (Å²) in [5, 5.41) is 0. The fourth-order valence-corrected chi connectivity index (χ4v) is 4.06. The third kappa shape index (κ3) is 2.64. The topological polar surface area (TPSA) is 29.0 Å². The molecule has 0 saturated heterocycles. The van der Waals surface area contributed by atoms with Gasteiger partial charge in [0.15, 0.2) is 0 Å². The van der Waals surface area contributed by atoms with Crippen LogP contribution in [0, 0.1) is 5.92 Å². The van der Waals surface area contributed by atoms with Gasteiger partial charge >= 0.3 is 0 Å². The van der Waals surface area contributed by atoms with E-state index in [2.05, 4.69) is 56.7 Å². The first kappa shape index (κ1) is 13.3. The molecule has 1 aromatic rings. The lowest BCUT2D eigenvalue weighted by Gasteiger charge is -2.35. The predicted molar refractivity (Wildman–Crippen MR) is 87.8 cm³/mol. The first-order valence-electron chi connectivity index (χ1n) is 7.08. The lowest BCUT2D eigenvalue weighted by molar-refractivity contribution is 0.347. The lowest BCUT2D eigenvalue weighted by Crippen LogP contribution is -2.36. The van der Waals surface area contributed by atoms with Gasteiger partial charge in [-0.15, -0.1) is 0 Å². The molecule has 3 nitrogen and oxygen atoms in total. The van der Waals surface area contributed by atoms with E-state index in [0.29, 0.717) is 6.04 Å². The summed E-state index contributed by atoms with van der Waals surface area (Å²) < 4.78 is 1.31. The quantitative estimate of drug-likeness (QED) is 0.604. The standard InChI is InChI=1S/C15H20IN3/c1-19(12-7-5-11(9-16)6-8-12)15-13-3-2-4-14(13)17-10-18-15/h2-3,10-12H,4-9H2,1H3. The summed E-state index contributed by atoms with van der Waals surface area (Å²) in [6, 6.07) is 0.646. The average Bonchev–Trinajstić information content (AvgIpc) is 2.95. The van der Waals surface area contributed by atoms with Crippen molar-refractivity contribution in [2.45, 2.75) is 38.1 Å². The first-order chi connectivity index (χ1) is 9.29. The molecule has 0 bridgehead atoms. The van der Waals surface area contributed by atoms with Crippen molar-refractivity contribution in [3.63, 3.8) is 0 Å². The second kappa shape index (κ2) is 5.77. The van der Waals surface area contributed by atoms with Crippen LogP contribution in [0.25, 0.3) is 6.08 Å². The minimum atomic E-state index is 0.646. The van der Waals surface area contributed by atoms with Gasteiger partial charge in [0.1, 0.15) is 12.1 Å². The van der Waals surface area contributed by atoms with Gasteiger partial charge in [-0.05, 0) is 31.6 Å². The molecule has 0 unspecified atom stereocenters. The van der Waals surface area contributed by atoms with Crippen LogP contribution in [0.5, 0.6) is 0 Å². The Morgan fingerprint density at radius 1 is 1.26 bits per heavy atom. The Balaban J connectivity index is 1.76. The maximum absolute atomic E-state index is 4.53. The van der Waals surface area contributed by atoms with E-state index in [1.165, 1.54) is 41.4 Å². The molecule has 0 spiro atoms. The molecule has 1 heterocycles. The molecule has 0 N–H and O–H groups in total. The highest BCUT2D eigenvalue weighted by molar-refractivity contribution is 14.1. The van der Waals surface area contributed by atoms with E-state index in [1.807, 2.05) is 0 Å². The molecule has 102 valence electrons. The Morgan fingerprint density at radius 2 is 2.05 bits per heavy atom. The van der Waals surface area contributed by atoms with Crippen LogP contribution >= 0.6 is 22.6 Å². The van der Waals surface area contributed by atoms with Gasteiger partial charge < -0.3 is 4.90 Å². The zero-order valence-electron chi connectivity index (χ0n) is 11.3. The van der Waals surface area contributed by atoms with Crippen LogP contribution in [0.15, 0.2) is 12.4 Å².